The van der Waals surface area contributed by atoms with E-state index in [1.165, 1.54) is 5.69 Å². The maximum absolute atomic E-state index is 12.6. The number of nitrogens with zero attached hydrogens (tertiary/aromatic N) is 3. The van der Waals surface area contributed by atoms with Crippen molar-refractivity contribution in [2.75, 3.05) is 18.1 Å². The summed E-state index contributed by atoms with van der Waals surface area (Å²) >= 11 is 0. The van der Waals surface area contributed by atoms with Crippen molar-refractivity contribution >= 4 is 17.5 Å². The Morgan fingerprint density at radius 1 is 1.35 bits per heavy atom. The van der Waals surface area contributed by atoms with Crippen LogP contribution in [0.25, 0.3) is 0 Å². The van der Waals surface area contributed by atoms with E-state index in [2.05, 4.69) is 10.4 Å². The molecule has 1 N–H and O–H groups in total. The fraction of sp³-hybridized carbons (Fsp3) is 0.421. The van der Waals surface area contributed by atoms with Crippen LogP contribution < -0.4 is 10.2 Å². The molecule has 1 aromatic carbocycles. The van der Waals surface area contributed by atoms with Gasteiger partial charge in [0.1, 0.15) is 0 Å². The minimum absolute atomic E-state index is 0.0139. The van der Waals surface area contributed by atoms with Gasteiger partial charge in [0.25, 0.3) is 0 Å². The number of ether oxygens (including phenoxy) is 1. The van der Waals surface area contributed by atoms with Crippen molar-refractivity contribution in [2.45, 2.75) is 26.0 Å². The molecule has 136 valence electrons. The van der Waals surface area contributed by atoms with E-state index in [1.807, 2.05) is 42.1 Å². The third kappa shape index (κ3) is 3.10. The number of nitrogens with one attached hydrogen (secondary N) is 1. The molecule has 1 unspecified atom stereocenters. The van der Waals surface area contributed by atoms with Crippen LogP contribution in [0.4, 0.5) is 5.69 Å². The Labute approximate surface area is 151 Å². The second-order valence-electron chi connectivity index (χ2n) is 6.76. The molecular formula is C19H22N4O3. The maximum atomic E-state index is 12.6. The number of benzene rings is 1. The molecule has 0 radical (unpaired) electrons. The first-order valence-electron chi connectivity index (χ1n) is 8.88. The Morgan fingerprint density at radius 2 is 2.15 bits per heavy atom. The third-order valence-electron chi connectivity index (χ3n) is 5.08. The van der Waals surface area contributed by atoms with Gasteiger partial charge < -0.3 is 15.0 Å². The molecule has 2 aliphatic rings. The lowest BCUT2D eigenvalue weighted by atomic mass is 10.1. The van der Waals surface area contributed by atoms with Crippen LogP contribution in [0.3, 0.4) is 0 Å². The smallest absolute Gasteiger partial charge is 0.227 e. The molecule has 7 nitrogen and oxygen atoms in total. The number of carbonyl (C=O) groups is 2. The molecule has 1 saturated heterocycles. The van der Waals surface area contributed by atoms with Crippen molar-refractivity contribution in [3.63, 3.8) is 0 Å². The fourth-order valence-electron chi connectivity index (χ4n) is 3.68. The van der Waals surface area contributed by atoms with Gasteiger partial charge in [-0.2, -0.15) is 5.10 Å². The van der Waals surface area contributed by atoms with E-state index in [0.29, 0.717) is 26.3 Å². The van der Waals surface area contributed by atoms with E-state index >= 15 is 0 Å². The molecular weight excluding hydrogens is 332 g/mol. The number of para-hydroxylation sites is 1. The summed E-state index contributed by atoms with van der Waals surface area (Å²) in [6.07, 6.45) is 1.08. The summed E-state index contributed by atoms with van der Waals surface area (Å²) in [5.41, 5.74) is 3.93. The minimum atomic E-state index is -0.335. The van der Waals surface area contributed by atoms with Gasteiger partial charge in [0.05, 0.1) is 31.4 Å². The summed E-state index contributed by atoms with van der Waals surface area (Å²) in [6, 6.07) is 9.47. The van der Waals surface area contributed by atoms with E-state index in [9.17, 15) is 9.59 Å². The Bertz CT molecular complexity index is 831. The lowest BCUT2D eigenvalue weighted by Gasteiger charge is -2.16. The summed E-state index contributed by atoms with van der Waals surface area (Å²) < 4.78 is 7.39. The molecule has 0 saturated carbocycles. The summed E-state index contributed by atoms with van der Waals surface area (Å²) in [4.78, 5) is 26.5. The molecule has 0 bridgehead atoms. The fourth-order valence-corrected chi connectivity index (χ4v) is 3.68. The second kappa shape index (κ2) is 6.92. The Hall–Kier alpha value is -2.67. The SMILES string of the molecule is Cn1nc(CNC(=O)C2CC(=O)N(c3ccccc3)C2)c2c1CCOC2. The number of anilines is 1. The largest absolute Gasteiger partial charge is 0.376 e. The quantitative estimate of drug-likeness (QED) is 0.894. The van der Waals surface area contributed by atoms with Gasteiger partial charge in [0.15, 0.2) is 0 Å². The van der Waals surface area contributed by atoms with Crippen molar-refractivity contribution in [3.05, 3.63) is 47.3 Å². The molecule has 2 aromatic rings. The predicted molar refractivity (Wildman–Crippen MR) is 95.3 cm³/mol. The predicted octanol–water partition coefficient (Wildman–Crippen LogP) is 1.16. The van der Waals surface area contributed by atoms with Gasteiger partial charge in [-0.3, -0.25) is 14.3 Å². The number of rotatable bonds is 4. The standard InChI is InChI=1S/C19H22N4O3/c1-22-17-7-8-26-12-15(17)16(21-22)10-20-19(25)13-9-18(24)23(11-13)14-5-3-2-4-6-14/h2-6,13H,7-12H2,1H3,(H,20,25). The van der Waals surface area contributed by atoms with Gasteiger partial charge in [-0.05, 0) is 12.1 Å². The number of hydrogen-bond donors (Lipinski definition) is 1. The van der Waals surface area contributed by atoms with Crippen LogP contribution in [-0.2, 0) is 40.9 Å². The maximum Gasteiger partial charge on any atom is 0.227 e. The zero-order valence-electron chi connectivity index (χ0n) is 14.8. The van der Waals surface area contributed by atoms with E-state index in [1.54, 1.807) is 4.90 Å². The Balaban J connectivity index is 1.40. The molecule has 1 atom stereocenters. The first-order chi connectivity index (χ1) is 12.6. The van der Waals surface area contributed by atoms with Gasteiger partial charge >= 0.3 is 0 Å². The molecule has 7 heteroatoms. The average molecular weight is 354 g/mol. The molecule has 0 spiro atoms. The lowest BCUT2D eigenvalue weighted by Crippen LogP contribution is -2.33. The van der Waals surface area contributed by atoms with Gasteiger partial charge in [0, 0.05) is 43.4 Å². The molecule has 3 heterocycles. The first kappa shape index (κ1) is 16.8. The number of fused-ring (bicyclic) bond motifs is 1. The van der Waals surface area contributed by atoms with Crippen LogP contribution in [0, 0.1) is 5.92 Å². The molecule has 4 rings (SSSR count). The Morgan fingerprint density at radius 3 is 2.96 bits per heavy atom. The van der Waals surface area contributed by atoms with Crippen LogP contribution in [0.1, 0.15) is 23.4 Å². The number of amides is 2. The number of aryl methyl sites for hydroxylation is 1. The minimum Gasteiger partial charge on any atom is -0.376 e. The molecule has 1 fully saturated rings. The van der Waals surface area contributed by atoms with Crippen molar-refractivity contribution in [1.29, 1.82) is 0 Å². The van der Waals surface area contributed by atoms with E-state index in [-0.39, 0.29) is 24.2 Å². The highest BCUT2D eigenvalue weighted by Gasteiger charge is 2.35. The highest BCUT2D eigenvalue weighted by Crippen LogP contribution is 2.25. The topological polar surface area (TPSA) is 76.5 Å². The molecule has 2 aliphatic heterocycles. The van der Waals surface area contributed by atoms with Crippen molar-refractivity contribution < 1.29 is 14.3 Å². The Kier molecular flexibility index (Phi) is 4.46. The second-order valence-corrected chi connectivity index (χ2v) is 6.76. The monoisotopic (exact) mass is 354 g/mol. The van der Waals surface area contributed by atoms with Crippen LogP contribution in [-0.4, -0.2) is 34.7 Å². The zero-order chi connectivity index (χ0) is 18.1. The highest BCUT2D eigenvalue weighted by molar-refractivity contribution is 6.00. The number of aromatic nitrogens is 2. The molecule has 1 aromatic heterocycles. The van der Waals surface area contributed by atoms with Gasteiger partial charge in [0.2, 0.25) is 11.8 Å². The molecule has 26 heavy (non-hydrogen) atoms. The summed E-state index contributed by atoms with van der Waals surface area (Å²) in [7, 11) is 1.92. The normalized spacial score (nSPS) is 19.5. The highest BCUT2D eigenvalue weighted by atomic mass is 16.5. The summed E-state index contributed by atoms with van der Waals surface area (Å²) in [5, 5.41) is 7.46. The van der Waals surface area contributed by atoms with Crippen LogP contribution in [0.5, 0.6) is 0 Å². The van der Waals surface area contributed by atoms with Crippen molar-refractivity contribution in [2.24, 2.45) is 13.0 Å². The van der Waals surface area contributed by atoms with Crippen LogP contribution in [0.2, 0.25) is 0 Å². The summed E-state index contributed by atoms with van der Waals surface area (Å²) in [5.74, 6) is -0.452. The number of carbonyl (C=O) groups excluding carboxylic acids is 2. The lowest BCUT2D eigenvalue weighted by molar-refractivity contribution is -0.126. The third-order valence-corrected chi connectivity index (χ3v) is 5.08. The van der Waals surface area contributed by atoms with Crippen LogP contribution in [0.15, 0.2) is 30.3 Å². The van der Waals surface area contributed by atoms with Crippen molar-refractivity contribution in [1.82, 2.24) is 15.1 Å². The van der Waals surface area contributed by atoms with Crippen LogP contribution >= 0.6 is 0 Å². The summed E-state index contributed by atoms with van der Waals surface area (Å²) in [6.45, 7) is 2.02. The van der Waals surface area contributed by atoms with Gasteiger partial charge in [-0.1, -0.05) is 18.2 Å². The van der Waals surface area contributed by atoms with Crippen molar-refractivity contribution in [3.8, 4) is 0 Å². The van der Waals surface area contributed by atoms with Gasteiger partial charge in [-0.25, -0.2) is 0 Å². The number of hydrogen-bond acceptors (Lipinski definition) is 4. The first-order valence-corrected chi connectivity index (χ1v) is 8.88. The van der Waals surface area contributed by atoms with E-state index in [4.69, 9.17) is 4.74 Å². The van der Waals surface area contributed by atoms with E-state index < -0.39 is 0 Å². The zero-order valence-corrected chi connectivity index (χ0v) is 14.8. The molecule has 0 aliphatic carbocycles. The average Bonchev–Trinajstić information content (AvgIpc) is 3.21. The molecule has 2 amide bonds. The van der Waals surface area contributed by atoms with Gasteiger partial charge in [-0.15, -0.1) is 0 Å². The van der Waals surface area contributed by atoms with E-state index in [0.717, 1.165) is 23.4 Å².